The molecule has 45 heavy (non-hydrogen) atoms. The number of fused-ring (bicyclic) bond motifs is 12. The fourth-order valence-corrected chi connectivity index (χ4v) is 7.23. The van der Waals surface area contributed by atoms with Crippen LogP contribution < -0.4 is 0 Å². The minimum Gasteiger partial charge on any atom is -0.290 e. The third-order valence-electron chi connectivity index (χ3n) is 9.35. The van der Waals surface area contributed by atoms with Gasteiger partial charge in [-0.05, 0) is 103 Å². The number of pyridine rings is 2. The summed E-state index contributed by atoms with van der Waals surface area (Å²) in [7, 11) is 0. The maximum atomic E-state index is 5.17. The Kier molecular flexibility index (Phi) is 5.00. The van der Waals surface area contributed by atoms with Crippen LogP contribution in [0.15, 0.2) is 152 Å². The first-order valence-corrected chi connectivity index (χ1v) is 15.3. The summed E-state index contributed by atoms with van der Waals surface area (Å²) in [5, 5.41) is 9.62. The standard InChI is InChI=1S/C42H25N3/c1-2-9-27-22-28(16-15-26(27)8-1)29-17-18-31-24-32(20-19-30(31)23-29)35-25-36-40(34-11-4-3-10-33(34)35)42-44-37-12-5-6-13-38(37)45(42)39-14-7-21-43-41(36)39/h1-25H. The van der Waals surface area contributed by atoms with Crippen LogP contribution in [-0.4, -0.2) is 14.4 Å². The SMILES string of the molecule is c1ccc2cc(-c3ccc4cc(-c5cc6c7ncccc7n7c8ccccc8nc7c6c6ccccc56)ccc4c3)ccc2c1. The molecule has 0 radical (unpaired) electrons. The monoisotopic (exact) mass is 571 g/mol. The lowest BCUT2D eigenvalue weighted by Crippen LogP contribution is -1.95. The van der Waals surface area contributed by atoms with E-state index in [2.05, 4.69) is 144 Å². The lowest BCUT2D eigenvalue weighted by Gasteiger charge is -2.15. The van der Waals surface area contributed by atoms with Crippen LogP contribution in [0.25, 0.3) is 93.1 Å². The molecule has 0 fully saturated rings. The molecule has 10 rings (SSSR count). The van der Waals surface area contributed by atoms with E-state index in [1.165, 1.54) is 54.6 Å². The fraction of sp³-hybridized carbons (Fsp3) is 0. The molecule has 3 heterocycles. The Balaban J connectivity index is 1.21. The molecule has 0 aliphatic heterocycles. The number of para-hydroxylation sites is 2. The lowest BCUT2D eigenvalue weighted by atomic mass is 9.91. The zero-order valence-corrected chi connectivity index (χ0v) is 24.3. The Labute approximate surface area is 258 Å². The van der Waals surface area contributed by atoms with Crippen molar-refractivity contribution < 1.29 is 0 Å². The highest BCUT2D eigenvalue weighted by atomic mass is 15.0. The quantitative estimate of drug-likeness (QED) is 0.193. The fourth-order valence-electron chi connectivity index (χ4n) is 7.23. The molecule has 0 N–H and O–H groups in total. The number of hydrogen-bond acceptors (Lipinski definition) is 2. The number of benzene rings is 7. The zero-order valence-electron chi connectivity index (χ0n) is 24.3. The predicted octanol–water partition coefficient (Wildman–Crippen LogP) is 11.0. The highest BCUT2D eigenvalue weighted by Gasteiger charge is 2.18. The van der Waals surface area contributed by atoms with Gasteiger partial charge in [-0.25, -0.2) is 4.98 Å². The Morgan fingerprint density at radius 1 is 0.444 bits per heavy atom. The molecule has 7 aromatic carbocycles. The molecule has 3 nitrogen and oxygen atoms in total. The average Bonchev–Trinajstić information content (AvgIpc) is 3.50. The van der Waals surface area contributed by atoms with Crippen LogP contribution >= 0.6 is 0 Å². The molecular formula is C42H25N3. The highest BCUT2D eigenvalue weighted by molar-refractivity contribution is 6.25. The first-order chi connectivity index (χ1) is 22.3. The Morgan fingerprint density at radius 2 is 1.07 bits per heavy atom. The zero-order chi connectivity index (χ0) is 29.5. The van der Waals surface area contributed by atoms with Crippen molar-refractivity contribution in [2.75, 3.05) is 0 Å². The number of rotatable bonds is 2. The van der Waals surface area contributed by atoms with Gasteiger partial charge in [-0.2, -0.15) is 0 Å². The van der Waals surface area contributed by atoms with E-state index >= 15 is 0 Å². The summed E-state index contributed by atoms with van der Waals surface area (Å²) in [5.74, 6) is 0. The summed E-state index contributed by atoms with van der Waals surface area (Å²) in [6.45, 7) is 0. The van der Waals surface area contributed by atoms with Crippen LogP contribution in [0.1, 0.15) is 0 Å². The third-order valence-corrected chi connectivity index (χ3v) is 9.35. The molecule has 0 spiro atoms. The van der Waals surface area contributed by atoms with Crippen LogP contribution in [0.5, 0.6) is 0 Å². The van der Waals surface area contributed by atoms with Gasteiger partial charge in [-0.3, -0.25) is 9.38 Å². The highest BCUT2D eigenvalue weighted by Crippen LogP contribution is 2.41. The predicted molar refractivity (Wildman–Crippen MR) is 189 cm³/mol. The van der Waals surface area contributed by atoms with Gasteiger partial charge in [0.05, 0.1) is 22.1 Å². The van der Waals surface area contributed by atoms with Crippen LogP contribution in [0.2, 0.25) is 0 Å². The molecule has 0 bridgehead atoms. The van der Waals surface area contributed by atoms with E-state index in [0.29, 0.717) is 0 Å². The van der Waals surface area contributed by atoms with Crippen molar-refractivity contribution in [3.63, 3.8) is 0 Å². The van der Waals surface area contributed by atoms with Gasteiger partial charge in [0.25, 0.3) is 0 Å². The maximum absolute atomic E-state index is 5.17. The van der Waals surface area contributed by atoms with E-state index in [0.717, 1.165) is 38.5 Å². The maximum Gasteiger partial charge on any atom is 0.147 e. The largest absolute Gasteiger partial charge is 0.290 e. The van der Waals surface area contributed by atoms with Gasteiger partial charge in [0.1, 0.15) is 5.65 Å². The number of hydrogen-bond donors (Lipinski definition) is 0. The van der Waals surface area contributed by atoms with E-state index in [9.17, 15) is 0 Å². The molecule has 10 aromatic rings. The first kappa shape index (κ1) is 24.4. The molecule has 208 valence electrons. The van der Waals surface area contributed by atoms with Crippen LogP contribution in [0.3, 0.4) is 0 Å². The number of aromatic nitrogens is 3. The third kappa shape index (κ3) is 3.58. The average molecular weight is 572 g/mol. The van der Waals surface area contributed by atoms with Gasteiger partial charge >= 0.3 is 0 Å². The lowest BCUT2D eigenvalue weighted by molar-refractivity contribution is 1.29. The van der Waals surface area contributed by atoms with Crippen molar-refractivity contribution in [3.8, 4) is 22.3 Å². The molecule has 0 saturated heterocycles. The first-order valence-electron chi connectivity index (χ1n) is 15.3. The second-order valence-electron chi connectivity index (χ2n) is 11.9. The summed E-state index contributed by atoms with van der Waals surface area (Å²) < 4.78 is 2.27. The summed E-state index contributed by atoms with van der Waals surface area (Å²) in [6, 6.07) is 52.5. The van der Waals surface area contributed by atoms with Crippen molar-refractivity contribution in [3.05, 3.63) is 152 Å². The van der Waals surface area contributed by atoms with E-state index in [1.54, 1.807) is 0 Å². The Bertz CT molecular complexity index is 2820. The van der Waals surface area contributed by atoms with Crippen LogP contribution in [-0.2, 0) is 0 Å². The molecule has 0 saturated carbocycles. The van der Waals surface area contributed by atoms with Gasteiger partial charge in [-0.1, -0.05) is 97.1 Å². The van der Waals surface area contributed by atoms with Crippen molar-refractivity contribution >= 4 is 70.8 Å². The Hall–Kier alpha value is -6.06. The van der Waals surface area contributed by atoms with Crippen LogP contribution in [0, 0.1) is 0 Å². The van der Waals surface area contributed by atoms with Gasteiger partial charge in [-0.15, -0.1) is 0 Å². The van der Waals surface area contributed by atoms with Crippen molar-refractivity contribution in [1.29, 1.82) is 0 Å². The molecule has 0 aliphatic rings. The van der Waals surface area contributed by atoms with Crippen LogP contribution in [0.4, 0.5) is 0 Å². The van der Waals surface area contributed by atoms with Gasteiger partial charge in [0.15, 0.2) is 0 Å². The molecule has 0 aliphatic carbocycles. The van der Waals surface area contributed by atoms with Gasteiger partial charge < -0.3 is 0 Å². The topological polar surface area (TPSA) is 30.2 Å². The Morgan fingerprint density at radius 3 is 1.91 bits per heavy atom. The van der Waals surface area contributed by atoms with E-state index in [-0.39, 0.29) is 0 Å². The second kappa shape index (κ2) is 9.22. The molecule has 0 amide bonds. The van der Waals surface area contributed by atoms with Crippen molar-refractivity contribution in [1.82, 2.24) is 14.4 Å². The molecule has 0 atom stereocenters. The smallest absolute Gasteiger partial charge is 0.147 e. The molecule has 0 unspecified atom stereocenters. The van der Waals surface area contributed by atoms with E-state index in [4.69, 9.17) is 9.97 Å². The van der Waals surface area contributed by atoms with E-state index in [1.807, 2.05) is 12.3 Å². The minimum absolute atomic E-state index is 0.967. The van der Waals surface area contributed by atoms with E-state index < -0.39 is 0 Å². The van der Waals surface area contributed by atoms with Crippen molar-refractivity contribution in [2.24, 2.45) is 0 Å². The van der Waals surface area contributed by atoms with Crippen molar-refractivity contribution in [2.45, 2.75) is 0 Å². The normalized spacial score (nSPS) is 12.0. The molecule has 3 aromatic heterocycles. The summed E-state index contributed by atoms with van der Waals surface area (Å²) in [5.41, 5.74) is 9.95. The molecular weight excluding hydrogens is 546 g/mol. The molecule has 3 heteroatoms. The number of nitrogens with zero attached hydrogens (tertiary/aromatic N) is 3. The summed E-state index contributed by atoms with van der Waals surface area (Å²) in [6.07, 6.45) is 1.89. The van der Waals surface area contributed by atoms with Gasteiger partial charge in [0, 0.05) is 17.0 Å². The minimum atomic E-state index is 0.967. The van der Waals surface area contributed by atoms with Gasteiger partial charge in [0.2, 0.25) is 0 Å². The number of imidazole rings is 1. The summed E-state index contributed by atoms with van der Waals surface area (Å²) >= 11 is 0. The second-order valence-corrected chi connectivity index (χ2v) is 11.9. The summed E-state index contributed by atoms with van der Waals surface area (Å²) in [4.78, 5) is 10.1.